The van der Waals surface area contributed by atoms with Crippen LogP contribution in [0.1, 0.15) is 57.2 Å². The van der Waals surface area contributed by atoms with Gasteiger partial charge in [0.2, 0.25) is 5.91 Å². The van der Waals surface area contributed by atoms with Crippen LogP contribution in [0.2, 0.25) is 5.02 Å². The van der Waals surface area contributed by atoms with Gasteiger partial charge in [-0.1, -0.05) is 11.6 Å². The maximum atomic E-state index is 14.3. The Kier molecular flexibility index (Phi) is 4.72. The second-order valence-electron chi connectivity index (χ2n) is 9.47. The van der Waals surface area contributed by atoms with Crippen molar-refractivity contribution < 1.29 is 23.8 Å². The second-order valence-corrected chi connectivity index (χ2v) is 9.88. The highest BCUT2D eigenvalue weighted by Crippen LogP contribution is 2.53. The molecular formula is C21H26ClFN2O4. The average Bonchev–Trinajstić information content (AvgIpc) is 3.28. The van der Waals surface area contributed by atoms with Crippen molar-refractivity contribution in [2.45, 2.75) is 58.1 Å². The number of phenolic OH excluding ortho intramolecular Hbond substituents is 1. The standard InChI is InChI=1S/C21H26ClFN2O4/c1-20(2,3)29-19(28)25-7-4-12-13(22)8-14(23)18(27)17(12)15(25)10-24-11-21(5-6-21)9-16(24)26/h8,15,27H,4-7,9-11H2,1-3H3. The van der Waals surface area contributed by atoms with E-state index in [9.17, 15) is 19.1 Å². The molecule has 6 nitrogen and oxygen atoms in total. The highest BCUT2D eigenvalue weighted by molar-refractivity contribution is 6.31. The molecule has 1 spiro atoms. The molecule has 1 saturated heterocycles. The van der Waals surface area contributed by atoms with Gasteiger partial charge in [-0.25, -0.2) is 9.18 Å². The summed E-state index contributed by atoms with van der Waals surface area (Å²) in [5.74, 6) is -1.33. The predicted octanol–water partition coefficient (Wildman–Crippen LogP) is 4.03. The van der Waals surface area contributed by atoms with Crippen molar-refractivity contribution in [3.8, 4) is 5.75 Å². The minimum absolute atomic E-state index is 0.0285. The lowest BCUT2D eigenvalue weighted by Gasteiger charge is -2.40. The molecule has 1 aromatic carbocycles. The minimum atomic E-state index is -0.837. The first-order chi connectivity index (χ1) is 13.5. The summed E-state index contributed by atoms with van der Waals surface area (Å²) in [6, 6.07) is 0.371. The van der Waals surface area contributed by atoms with Crippen molar-refractivity contribution >= 4 is 23.6 Å². The molecule has 8 heteroatoms. The van der Waals surface area contributed by atoms with E-state index in [4.69, 9.17) is 16.3 Å². The highest BCUT2D eigenvalue weighted by Gasteiger charge is 2.52. The van der Waals surface area contributed by atoms with Crippen LogP contribution < -0.4 is 0 Å². The molecule has 0 aromatic heterocycles. The lowest BCUT2D eigenvalue weighted by molar-refractivity contribution is -0.128. The Bertz CT molecular complexity index is 878. The van der Waals surface area contributed by atoms with Crippen molar-refractivity contribution in [2.75, 3.05) is 19.6 Å². The largest absolute Gasteiger partial charge is 0.505 e. The lowest BCUT2D eigenvalue weighted by atomic mass is 9.91. The summed E-state index contributed by atoms with van der Waals surface area (Å²) >= 11 is 6.25. The molecule has 29 heavy (non-hydrogen) atoms. The lowest BCUT2D eigenvalue weighted by Crippen LogP contribution is -2.47. The number of nitrogens with zero attached hydrogens (tertiary/aromatic N) is 2. The fourth-order valence-electron chi connectivity index (χ4n) is 4.42. The Balaban J connectivity index is 1.71. The molecule has 1 aliphatic carbocycles. The molecule has 1 unspecified atom stereocenters. The van der Waals surface area contributed by atoms with Crippen molar-refractivity contribution in [3.05, 3.63) is 28.0 Å². The summed E-state index contributed by atoms with van der Waals surface area (Å²) in [6.45, 7) is 6.43. The molecule has 2 aliphatic heterocycles. The number of halogens is 2. The number of phenols is 1. The quantitative estimate of drug-likeness (QED) is 0.778. The van der Waals surface area contributed by atoms with Crippen LogP contribution in [-0.4, -0.2) is 52.1 Å². The van der Waals surface area contributed by atoms with Crippen molar-refractivity contribution in [3.63, 3.8) is 0 Å². The summed E-state index contributed by atoms with van der Waals surface area (Å²) in [6.07, 6.45) is 2.38. The van der Waals surface area contributed by atoms with Crippen LogP contribution in [-0.2, 0) is 16.0 Å². The second kappa shape index (κ2) is 6.76. The molecule has 0 bridgehead atoms. The average molecular weight is 425 g/mol. The zero-order valence-electron chi connectivity index (χ0n) is 16.9. The molecule has 2 fully saturated rings. The van der Waals surface area contributed by atoms with Gasteiger partial charge in [-0.2, -0.15) is 0 Å². The van der Waals surface area contributed by atoms with E-state index in [1.54, 1.807) is 25.7 Å². The minimum Gasteiger partial charge on any atom is -0.505 e. The Morgan fingerprint density at radius 1 is 1.41 bits per heavy atom. The van der Waals surface area contributed by atoms with Gasteiger partial charge in [-0.3, -0.25) is 9.69 Å². The zero-order valence-corrected chi connectivity index (χ0v) is 17.7. The highest BCUT2D eigenvalue weighted by atomic mass is 35.5. The number of ether oxygens (including phenoxy) is 1. The van der Waals surface area contributed by atoms with Crippen molar-refractivity contribution in [1.82, 2.24) is 9.80 Å². The molecule has 4 rings (SSSR count). The van der Waals surface area contributed by atoms with Crippen LogP contribution in [0, 0.1) is 11.2 Å². The van der Waals surface area contributed by atoms with Gasteiger partial charge in [-0.05, 0) is 57.1 Å². The van der Waals surface area contributed by atoms with Gasteiger partial charge in [-0.15, -0.1) is 0 Å². The van der Waals surface area contributed by atoms with E-state index in [0.29, 0.717) is 31.5 Å². The van der Waals surface area contributed by atoms with Crippen molar-refractivity contribution in [1.29, 1.82) is 0 Å². The number of benzene rings is 1. The monoisotopic (exact) mass is 424 g/mol. The first-order valence-corrected chi connectivity index (χ1v) is 10.3. The van der Waals surface area contributed by atoms with Crippen LogP contribution in [0.25, 0.3) is 0 Å². The van der Waals surface area contributed by atoms with Gasteiger partial charge >= 0.3 is 6.09 Å². The number of likely N-dealkylation sites (tertiary alicyclic amines) is 1. The molecule has 1 atom stereocenters. The number of carbonyl (C=O) groups is 2. The third-order valence-corrected chi connectivity index (χ3v) is 6.38. The molecule has 2 amide bonds. The predicted molar refractivity (Wildman–Crippen MR) is 105 cm³/mol. The number of amides is 2. The summed E-state index contributed by atoms with van der Waals surface area (Å²) in [7, 11) is 0. The number of rotatable bonds is 2. The summed E-state index contributed by atoms with van der Waals surface area (Å²) in [5, 5.41) is 10.7. The van der Waals surface area contributed by atoms with Crippen LogP contribution in [0.5, 0.6) is 5.75 Å². The molecule has 2 heterocycles. The molecule has 158 valence electrons. The summed E-state index contributed by atoms with van der Waals surface area (Å²) in [4.78, 5) is 28.7. The van der Waals surface area contributed by atoms with Crippen LogP contribution >= 0.6 is 11.6 Å². The zero-order chi connectivity index (χ0) is 21.1. The van der Waals surface area contributed by atoms with Gasteiger partial charge in [0.25, 0.3) is 0 Å². The van der Waals surface area contributed by atoms with E-state index in [2.05, 4.69) is 0 Å². The van der Waals surface area contributed by atoms with Crippen LogP contribution in [0.3, 0.4) is 0 Å². The molecule has 3 aliphatic rings. The number of carbonyl (C=O) groups excluding carboxylic acids is 2. The van der Waals surface area contributed by atoms with E-state index in [1.165, 1.54) is 4.90 Å². The Morgan fingerprint density at radius 2 is 2.10 bits per heavy atom. The van der Waals surface area contributed by atoms with E-state index in [0.717, 1.165) is 18.9 Å². The third-order valence-electron chi connectivity index (χ3n) is 6.04. The molecule has 1 aromatic rings. The summed E-state index contributed by atoms with van der Waals surface area (Å²) in [5.41, 5.74) is 0.248. The molecular weight excluding hydrogens is 399 g/mol. The SMILES string of the molecule is CC(C)(C)OC(=O)N1CCc2c(Cl)cc(F)c(O)c2C1CN1CC2(CC2)CC1=O. The Morgan fingerprint density at radius 3 is 2.69 bits per heavy atom. The fourth-order valence-corrected chi connectivity index (χ4v) is 4.71. The normalized spacial score (nSPS) is 22.8. The van der Waals surface area contributed by atoms with Gasteiger partial charge in [0.1, 0.15) is 5.60 Å². The van der Waals surface area contributed by atoms with E-state index < -0.39 is 29.3 Å². The first-order valence-electron chi connectivity index (χ1n) is 9.97. The van der Waals surface area contributed by atoms with Gasteiger partial charge in [0.05, 0.1) is 6.04 Å². The van der Waals surface area contributed by atoms with Crippen LogP contribution in [0.15, 0.2) is 6.07 Å². The Labute approximate surface area is 174 Å². The van der Waals surface area contributed by atoms with Gasteiger partial charge < -0.3 is 14.7 Å². The molecule has 1 N–H and O–H groups in total. The topological polar surface area (TPSA) is 70.1 Å². The van der Waals surface area contributed by atoms with Gasteiger partial charge in [0.15, 0.2) is 11.6 Å². The number of aromatic hydroxyl groups is 1. The summed E-state index contributed by atoms with van der Waals surface area (Å²) < 4.78 is 19.9. The smallest absolute Gasteiger partial charge is 0.410 e. The van der Waals surface area contributed by atoms with E-state index in [1.807, 2.05) is 0 Å². The molecule has 1 saturated carbocycles. The maximum absolute atomic E-state index is 14.3. The van der Waals surface area contributed by atoms with E-state index >= 15 is 0 Å². The van der Waals surface area contributed by atoms with Gasteiger partial charge in [0, 0.05) is 36.6 Å². The number of hydrogen-bond acceptors (Lipinski definition) is 4. The van der Waals surface area contributed by atoms with E-state index in [-0.39, 0.29) is 28.5 Å². The number of fused-ring (bicyclic) bond motifs is 1. The maximum Gasteiger partial charge on any atom is 0.410 e. The fraction of sp³-hybridized carbons (Fsp3) is 0.619. The molecule has 0 radical (unpaired) electrons. The van der Waals surface area contributed by atoms with Crippen molar-refractivity contribution in [2.24, 2.45) is 5.41 Å². The third kappa shape index (κ3) is 3.77. The Hall–Kier alpha value is -2.02. The first kappa shape index (κ1) is 20.3. The number of hydrogen-bond donors (Lipinski definition) is 1. The van der Waals surface area contributed by atoms with Crippen LogP contribution in [0.4, 0.5) is 9.18 Å².